The predicted molar refractivity (Wildman–Crippen MR) is 58.4 cm³/mol. The number of aromatic nitrogens is 3. The van der Waals surface area contributed by atoms with E-state index in [1.165, 1.54) is 25.4 Å². The van der Waals surface area contributed by atoms with E-state index in [1.807, 2.05) is 0 Å². The van der Waals surface area contributed by atoms with Gasteiger partial charge in [0.15, 0.2) is 11.6 Å². The fourth-order valence-electron chi connectivity index (χ4n) is 1.68. The SMILES string of the molecule is CNC(c1ncn[nH]1)c1ccc(C)c(F)c1F. The zero-order chi connectivity index (χ0) is 12.4. The molecule has 0 fully saturated rings. The van der Waals surface area contributed by atoms with Gasteiger partial charge in [-0.1, -0.05) is 12.1 Å². The molecular weight excluding hydrogens is 226 g/mol. The highest BCUT2D eigenvalue weighted by atomic mass is 19.2. The molecule has 1 aromatic heterocycles. The third-order valence-corrected chi connectivity index (χ3v) is 2.61. The van der Waals surface area contributed by atoms with Crippen molar-refractivity contribution in [3.63, 3.8) is 0 Å². The van der Waals surface area contributed by atoms with Crippen molar-refractivity contribution in [2.45, 2.75) is 13.0 Å². The molecule has 1 atom stereocenters. The Hall–Kier alpha value is -1.82. The quantitative estimate of drug-likeness (QED) is 0.855. The van der Waals surface area contributed by atoms with E-state index >= 15 is 0 Å². The van der Waals surface area contributed by atoms with Gasteiger partial charge in [0.1, 0.15) is 12.2 Å². The number of hydrogen-bond acceptors (Lipinski definition) is 3. The Balaban J connectivity index is 2.49. The Bertz CT molecular complexity index is 510. The van der Waals surface area contributed by atoms with Crippen LogP contribution in [0.25, 0.3) is 0 Å². The molecule has 6 heteroatoms. The maximum atomic E-state index is 13.8. The lowest BCUT2D eigenvalue weighted by molar-refractivity contribution is 0.479. The highest BCUT2D eigenvalue weighted by Crippen LogP contribution is 2.24. The Kier molecular flexibility index (Phi) is 3.14. The van der Waals surface area contributed by atoms with Gasteiger partial charge in [0, 0.05) is 5.56 Å². The monoisotopic (exact) mass is 238 g/mol. The summed E-state index contributed by atoms with van der Waals surface area (Å²) in [4.78, 5) is 3.94. The van der Waals surface area contributed by atoms with Crippen LogP contribution in [0.15, 0.2) is 18.5 Å². The van der Waals surface area contributed by atoms with Gasteiger partial charge in [-0.3, -0.25) is 5.10 Å². The minimum absolute atomic E-state index is 0.201. The van der Waals surface area contributed by atoms with Crippen LogP contribution in [0.1, 0.15) is 23.0 Å². The largest absolute Gasteiger partial charge is 0.307 e. The summed E-state index contributed by atoms with van der Waals surface area (Å²) in [7, 11) is 1.64. The summed E-state index contributed by atoms with van der Waals surface area (Å²) in [6.07, 6.45) is 1.32. The fraction of sp³-hybridized carbons (Fsp3) is 0.273. The highest BCUT2D eigenvalue weighted by Gasteiger charge is 2.21. The van der Waals surface area contributed by atoms with Gasteiger partial charge in [0.05, 0.1) is 6.04 Å². The second-order valence-corrected chi connectivity index (χ2v) is 3.69. The van der Waals surface area contributed by atoms with Gasteiger partial charge in [-0.25, -0.2) is 13.8 Å². The molecule has 0 saturated heterocycles. The third kappa shape index (κ3) is 2.03. The molecule has 0 saturated carbocycles. The number of nitrogens with zero attached hydrogens (tertiary/aromatic N) is 2. The van der Waals surface area contributed by atoms with Crippen molar-refractivity contribution in [2.24, 2.45) is 0 Å². The number of H-pyrrole nitrogens is 1. The summed E-state index contributed by atoms with van der Waals surface area (Å²) in [6.45, 7) is 1.52. The van der Waals surface area contributed by atoms with Crippen LogP contribution in [0.4, 0.5) is 8.78 Å². The topological polar surface area (TPSA) is 53.6 Å². The number of aryl methyl sites for hydroxylation is 1. The summed E-state index contributed by atoms with van der Waals surface area (Å²) in [5.41, 5.74) is 0.478. The van der Waals surface area contributed by atoms with Crippen molar-refractivity contribution in [1.29, 1.82) is 0 Å². The summed E-state index contributed by atoms with van der Waals surface area (Å²) in [6, 6.07) is 2.53. The molecule has 17 heavy (non-hydrogen) atoms. The van der Waals surface area contributed by atoms with Crippen molar-refractivity contribution in [2.75, 3.05) is 7.05 Å². The first-order valence-corrected chi connectivity index (χ1v) is 5.12. The molecule has 0 aliphatic carbocycles. The molecule has 0 aliphatic rings. The van der Waals surface area contributed by atoms with Gasteiger partial charge in [-0.15, -0.1) is 0 Å². The molecule has 2 rings (SSSR count). The van der Waals surface area contributed by atoms with Crippen molar-refractivity contribution in [3.8, 4) is 0 Å². The van der Waals surface area contributed by atoms with Gasteiger partial charge in [0.2, 0.25) is 0 Å². The molecule has 0 radical (unpaired) electrons. The van der Waals surface area contributed by atoms with Crippen molar-refractivity contribution in [3.05, 3.63) is 47.0 Å². The average molecular weight is 238 g/mol. The Morgan fingerprint density at radius 2 is 2.06 bits per heavy atom. The van der Waals surface area contributed by atoms with Gasteiger partial charge in [-0.05, 0) is 19.5 Å². The first-order valence-electron chi connectivity index (χ1n) is 5.12. The van der Waals surface area contributed by atoms with Crippen LogP contribution < -0.4 is 5.32 Å². The lowest BCUT2D eigenvalue weighted by Crippen LogP contribution is -2.21. The fourth-order valence-corrected chi connectivity index (χ4v) is 1.68. The molecule has 1 unspecified atom stereocenters. The summed E-state index contributed by atoms with van der Waals surface area (Å²) < 4.78 is 27.3. The second-order valence-electron chi connectivity index (χ2n) is 3.69. The molecule has 2 aromatic rings. The van der Waals surface area contributed by atoms with Crippen LogP contribution in [0, 0.1) is 18.6 Å². The minimum atomic E-state index is -0.860. The normalized spacial score (nSPS) is 12.7. The Labute approximate surface area is 97.1 Å². The van der Waals surface area contributed by atoms with E-state index in [2.05, 4.69) is 20.5 Å². The zero-order valence-electron chi connectivity index (χ0n) is 9.46. The third-order valence-electron chi connectivity index (χ3n) is 2.61. The summed E-state index contributed by atoms with van der Waals surface area (Å²) in [5.74, 6) is -1.25. The van der Waals surface area contributed by atoms with Crippen molar-refractivity contribution >= 4 is 0 Å². The standard InChI is InChI=1S/C11H12F2N4/c1-6-3-4-7(9(13)8(6)12)10(14-2)11-15-5-16-17-11/h3-5,10,14H,1-2H3,(H,15,16,17). The van der Waals surface area contributed by atoms with Crippen LogP contribution >= 0.6 is 0 Å². The van der Waals surface area contributed by atoms with Crippen molar-refractivity contribution < 1.29 is 8.78 Å². The van der Waals surface area contributed by atoms with Gasteiger partial charge < -0.3 is 5.32 Å². The minimum Gasteiger partial charge on any atom is -0.307 e. The number of benzene rings is 1. The summed E-state index contributed by atoms with van der Waals surface area (Å²) >= 11 is 0. The number of aromatic amines is 1. The van der Waals surface area contributed by atoms with E-state index in [0.717, 1.165) is 0 Å². The van der Waals surface area contributed by atoms with Crippen molar-refractivity contribution in [1.82, 2.24) is 20.5 Å². The van der Waals surface area contributed by atoms with E-state index in [-0.39, 0.29) is 11.1 Å². The average Bonchev–Trinajstić information content (AvgIpc) is 2.84. The molecular formula is C11H12F2N4. The van der Waals surface area contributed by atoms with Crippen LogP contribution in [0.5, 0.6) is 0 Å². The molecule has 0 amide bonds. The van der Waals surface area contributed by atoms with Gasteiger partial charge in [0.25, 0.3) is 0 Å². The maximum Gasteiger partial charge on any atom is 0.164 e. The summed E-state index contributed by atoms with van der Waals surface area (Å²) in [5, 5.41) is 9.20. The van der Waals surface area contributed by atoms with Crippen LogP contribution in [0.3, 0.4) is 0 Å². The Morgan fingerprint density at radius 3 is 2.65 bits per heavy atom. The maximum absolute atomic E-state index is 13.8. The molecule has 4 nitrogen and oxygen atoms in total. The van der Waals surface area contributed by atoms with Crippen LogP contribution in [-0.4, -0.2) is 22.2 Å². The van der Waals surface area contributed by atoms with E-state index in [0.29, 0.717) is 5.82 Å². The lowest BCUT2D eigenvalue weighted by atomic mass is 10.0. The molecule has 0 bridgehead atoms. The molecule has 1 heterocycles. The van der Waals surface area contributed by atoms with Crippen LogP contribution in [-0.2, 0) is 0 Å². The zero-order valence-corrected chi connectivity index (χ0v) is 9.46. The van der Waals surface area contributed by atoms with E-state index in [4.69, 9.17) is 0 Å². The van der Waals surface area contributed by atoms with E-state index in [9.17, 15) is 8.78 Å². The second kappa shape index (κ2) is 4.58. The van der Waals surface area contributed by atoms with Gasteiger partial charge in [-0.2, -0.15) is 5.10 Å². The Morgan fingerprint density at radius 1 is 1.29 bits per heavy atom. The number of nitrogens with one attached hydrogen (secondary N) is 2. The molecule has 90 valence electrons. The molecule has 2 N–H and O–H groups in total. The number of halogens is 2. The molecule has 0 spiro atoms. The molecule has 1 aromatic carbocycles. The van der Waals surface area contributed by atoms with Gasteiger partial charge >= 0.3 is 0 Å². The van der Waals surface area contributed by atoms with Crippen LogP contribution in [0.2, 0.25) is 0 Å². The number of hydrogen-bond donors (Lipinski definition) is 2. The predicted octanol–water partition coefficient (Wildman–Crippen LogP) is 1.70. The van der Waals surface area contributed by atoms with E-state index in [1.54, 1.807) is 7.05 Å². The number of rotatable bonds is 3. The smallest absolute Gasteiger partial charge is 0.164 e. The highest BCUT2D eigenvalue weighted by molar-refractivity contribution is 5.30. The first kappa shape index (κ1) is 11.7. The van der Waals surface area contributed by atoms with E-state index < -0.39 is 17.7 Å². The molecule has 0 aliphatic heterocycles. The first-order chi connectivity index (χ1) is 8.15. The lowest BCUT2D eigenvalue weighted by Gasteiger charge is -2.15.